The highest BCUT2D eigenvalue weighted by atomic mass is 32.1. The van der Waals surface area contributed by atoms with E-state index in [4.69, 9.17) is 0 Å². The average Bonchev–Trinajstić information content (AvgIpc) is 3.56. The van der Waals surface area contributed by atoms with E-state index in [1.165, 1.54) is 45.7 Å². The standard InChI is InChI=1S/C26H28N2O2S2/c29-25(19-11-13-28(14-12-19)26(30)23-8-4-16-32-23)27-24(22-7-3-15-31-22)21-10-9-18-5-1-2-6-20(18)17-21/h3-4,7-10,15-17,19,24H,1-2,5-6,11-14H2,(H,27,29). The number of fused-ring (bicyclic) bond motifs is 1. The van der Waals surface area contributed by atoms with E-state index in [-0.39, 0.29) is 23.8 Å². The maximum Gasteiger partial charge on any atom is 0.263 e. The van der Waals surface area contributed by atoms with Crippen LogP contribution in [-0.4, -0.2) is 29.8 Å². The predicted octanol–water partition coefficient (Wildman–Crippen LogP) is 5.45. The van der Waals surface area contributed by atoms with Gasteiger partial charge in [0.25, 0.3) is 5.91 Å². The van der Waals surface area contributed by atoms with Gasteiger partial charge < -0.3 is 10.2 Å². The molecule has 32 heavy (non-hydrogen) atoms. The molecule has 1 aliphatic carbocycles. The molecule has 0 spiro atoms. The molecule has 1 fully saturated rings. The van der Waals surface area contributed by atoms with Crippen molar-refractivity contribution in [2.45, 2.75) is 44.6 Å². The summed E-state index contributed by atoms with van der Waals surface area (Å²) in [5.74, 6) is 0.135. The zero-order valence-corrected chi connectivity index (χ0v) is 19.7. The molecule has 1 aromatic carbocycles. The van der Waals surface area contributed by atoms with Gasteiger partial charge in [-0.15, -0.1) is 22.7 Å². The minimum absolute atomic E-state index is 0.0533. The molecule has 1 aliphatic heterocycles. The van der Waals surface area contributed by atoms with E-state index in [9.17, 15) is 9.59 Å². The largest absolute Gasteiger partial charge is 0.344 e. The minimum Gasteiger partial charge on any atom is -0.344 e. The van der Waals surface area contributed by atoms with Gasteiger partial charge in [-0.25, -0.2) is 0 Å². The molecule has 2 amide bonds. The zero-order chi connectivity index (χ0) is 21.9. The summed E-state index contributed by atoms with van der Waals surface area (Å²) < 4.78 is 0. The number of hydrogen-bond donors (Lipinski definition) is 1. The highest BCUT2D eigenvalue weighted by molar-refractivity contribution is 7.12. The Morgan fingerprint density at radius 1 is 0.938 bits per heavy atom. The highest BCUT2D eigenvalue weighted by Gasteiger charge is 2.30. The molecule has 2 aliphatic rings. The van der Waals surface area contributed by atoms with Crippen LogP contribution in [-0.2, 0) is 17.6 Å². The van der Waals surface area contributed by atoms with Gasteiger partial charge in [0.1, 0.15) is 0 Å². The van der Waals surface area contributed by atoms with Gasteiger partial charge in [0.05, 0.1) is 10.9 Å². The van der Waals surface area contributed by atoms with Gasteiger partial charge >= 0.3 is 0 Å². The summed E-state index contributed by atoms with van der Waals surface area (Å²) in [5.41, 5.74) is 4.07. The Kier molecular flexibility index (Phi) is 6.42. The number of nitrogens with zero attached hydrogens (tertiary/aromatic N) is 1. The van der Waals surface area contributed by atoms with E-state index in [2.05, 4.69) is 35.0 Å². The van der Waals surface area contributed by atoms with Crippen LogP contribution in [0.2, 0.25) is 0 Å². The number of likely N-dealkylation sites (tertiary alicyclic amines) is 1. The van der Waals surface area contributed by atoms with Crippen LogP contribution < -0.4 is 5.32 Å². The Morgan fingerprint density at radius 3 is 2.41 bits per heavy atom. The third-order valence-electron chi connectivity index (χ3n) is 6.71. The van der Waals surface area contributed by atoms with Crippen molar-refractivity contribution in [3.63, 3.8) is 0 Å². The van der Waals surface area contributed by atoms with Crippen LogP contribution in [0.5, 0.6) is 0 Å². The molecule has 166 valence electrons. The van der Waals surface area contributed by atoms with Crippen molar-refractivity contribution in [3.8, 4) is 0 Å². The molecule has 5 rings (SSSR count). The maximum atomic E-state index is 13.3. The van der Waals surface area contributed by atoms with Crippen molar-refractivity contribution in [3.05, 3.63) is 79.7 Å². The summed E-state index contributed by atoms with van der Waals surface area (Å²) >= 11 is 3.16. The van der Waals surface area contributed by atoms with Gasteiger partial charge in [0, 0.05) is 23.9 Å². The number of piperidine rings is 1. The normalized spacial score (nSPS) is 17.6. The summed E-state index contributed by atoms with van der Waals surface area (Å²) in [5, 5.41) is 7.35. The first-order valence-electron chi connectivity index (χ1n) is 11.5. The maximum absolute atomic E-state index is 13.3. The number of nitrogens with one attached hydrogen (secondary N) is 1. The van der Waals surface area contributed by atoms with Gasteiger partial charge in [0.15, 0.2) is 0 Å². The Bertz CT molecular complexity index is 1070. The van der Waals surface area contributed by atoms with Crippen molar-refractivity contribution in [2.24, 2.45) is 5.92 Å². The van der Waals surface area contributed by atoms with Gasteiger partial charge in [-0.3, -0.25) is 9.59 Å². The Morgan fingerprint density at radius 2 is 1.69 bits per heavy atom. The third-order valence-corrected chi connectivity index (χ3v) is 8.50. The molecule has 3 aromatic rings. The topological polar surface area (TPSA) is 49.4 Å². The van der Waals surface area contributed by atoms with E-state index in [0.717, 1.165) is 17.7 Å². The Balaban J connectivity index is 1.27. The van der Waals surface area contributed by atoms with E-state index in [1.807, 2.05) is 28.5 Å². The van der Waals surface area contributed by atoms with Crippen LogP contribution in [0.25, 0.3) is 0 Å². The van der Waals surface area contributed by atoms with Crippen LogP contribution in [0.15, 0.2) is 53.2 Å². The first-order chi connectivity index (χ1) is 15.7. The molecule has 0 saturated carbocycles. The minimum atomic E-state index is -0.111. The molecule has 1 unspecified atom stereocenters. The molecule has 6 heteroatoms. The van der Waals surface area contributed by atoms with Gasteiger partial charge in [-0.05, 0) is 78.1 Å². The molecule has 0 radical (unpaired) electrons. The summed E-state index contributed by atoms with van der Waals surface area (Å²) in [6.45, 7) is 1.27. The number of amides is 2. The summed E-state index contributed by atoms with van der Waals surface area (Å²) in [4.78, 5) is 29.7. The monoisotopic (exact) mass is 464 g/mol. The Hall–Kier alpha value is -2.44. The van der Waals surface area contributed by atoms with Gasteiger partial charge in [-0.1, -0.05) is 30.3 Å². The van der Waals surface area contributed by atoms with Crippen molar-refractivity contribution >= 4 is 34.5 Å². The number of hydrogen-bond acceptors (Lipinski definition) is 4. The lowest BCUT2D eigenvalue weighted by atomic mass is 9.88. The second-order valence-corrected chi connectivity index (χ2v) is 10.7. The van der Waals surface area contributed by atoms with Gasteiger partial charge in [-0.2, -0.15) is 0 Å². The van der Waals surface area contributed by atoms with E-state index in [1.54, 1.807) is 11.3 Å². The molecular weight excluding hydrogens is 436 g/mol. The third kappa shape index (κ3) is 4.52. The van der Waals surface area contributed by atoms with Crippen LogP contribution >= 0.6 is 22.7 Å². The first kappa shape index (κ1) is 21.4. The molecule has 1 saturated heterocycles. The van der Waals surface area contributed by atoms with Crippen LogP contribution in [0.4, 0.5) is 0 Å². The average molecular weight is 465 g/mol. The fourth-order valence-corrected chi connectivity index (χ4v) is 6.36. The predicted molar refractivity (Wildman–Crippen MR) is 130 cm³/mol. The quantitative estimate of drug-likeness (QED) is 0.546. The first-order valence-corrected chi connectivity index (χ1v) is 13.2. The van der Waals surface area contributed by atoms with Crippen molar-refractivity contribution < 1.29 is 9.59 Å². The number of thiophene rings is 2. The summed E-state index contributed by atoms with van der Waals surface area (Å²) in [6, 6.07) is 14.6. The lowest BCUT2D eigenvalue weighted by molar-refractivity contribution is -0.126. The zero-order valence-electron chi connectivity index (χ0n) is 18.1. The summed E-state index contributed by atoms with van der Waals surface area (Å²) in [7, 11) is 0. The molecule has 1 N–H and O–H groups in total. The Labute approximate surface area is 197 Å². The van der Waals surface area contributed by atoms with Crippen LogP contribution in [0, 0.1) is 5.92 Å². The fraction of sp³-hybridized carbons (Fsp3) is 0.385. The van der Waals surface area contributed by atoms with Crippen LogP contribution in [0.3, 0.4) is 0 Å². The SMILES string of the molecule is O=C(NC(c1ccc2c(c1)CCCC2)c1cccs1)C1CCN(C(=O)c2cccs2)CC1. The van der Waals surface area contributed by atoms with Crippen LogP contribution in [0.1, 0.15) is 63.0 Å². The molecule has 3 heterocycles. The molecule has 0 bridgehead atoms. The van der Waals surface area contributed by atoms with E-state index in [0.29, 0.717) is 25.9 Å². The van der Waals surface area contributed by atoms with E-state index >= 15 is 0 Å². The number of carbonyl (C=O) groups excluding carboxylic acids is 2. The number of carbonyl (C=O) groups is 2. The number of rotatable bonds is 5. The number of aryl methyl sites for hydroxylation is 2. The second-order valence-electron chi connectivity index (χ2n) is 8.74. The second kappa shape index (κ2) is 9.59. The van der Waals surface area contributed by atoms with Crippen molar-refractivity contribution in [2.75, 3.05) is 13.1 Å². The highest BCUT2D eigenvalue weighted by Crippen LogP contribution is 2.31. The number of benzene rings is 1. The van der Waals surface area contributed by atoms with Crippen molar-refractivity contribution in [1.82, 2.24) is 10.2 Å². The lowest BCUT2D eigenvalue weighted by Crippen LogP contribution is -2.43. The lowest BCUT2D eigenvalue weighted by Gasteiger charge is -2.32. The van der Waals surface area contributed by atoms with Crippen molar-refractivity contribution in [1.29, 1.82) is 0 Å². The molecule has 1 atom stereocenters. The van der Waals surface area contributed by atoms with E-state index < -0.39 is 0 Å². The molecule has 2 aromatic heterocycles. The van der Waals surface area contributed by atoms with Gasteiger partial charge in [0.2, 0.25) is 5.91 Å². The molecule has 4 nitrogen and oxygen atoms in total. The molecular formula is C26H28N2O2S2. The fourth-order valence-electron chi connectivity index (χ4n) is 4.87. The smallest absolute Gasteiger partial charge is 0.263 e. The summed E-state index contributed by atoms with van der Waals surface area (Å²) in [6.07, 6.45) is 6.23.